The number of nitrogens with zero attached hydrogens (tertiary/aromatic N) is 3. The number of aromatic nitrogens is 3. The normalized spacial score (nSPS) is 21.3. The first-order chi connectivity index (χ1) is 14.4. The minimum atomic E-state index is -2.78. The quantitative estimate of drug-likeness (QED) is 0.698. The predicted octanol–water partition coefficient (Wildman–Crippen LogP) is 3.56. The molecule has 0 amide bonds. The second kappa shape index (κ2) is 6.17. The summed E-state index contributed by atoms with van der Waals surface area (Å²) in [4.78, 5) is 6.50. The number of rotatable bonds is 4. The number of aryl methyl sites for hydroxylation is 1. The minimum absolute atomic E-state index is 0.00792. The Labute approximate surface area is 176 Å². The Morgan fingerprint density at radius 1 is 1.07 bits per heavy atom. The molecule has 6 nitrogen and oxygen atoms in total. The molecule has 4 heterocycles. The van der Waals surface area contributed by atoms with Crippen LogP contribution in [-0.4, -0.2) is 48.2 Å². The maximum absolute atomic E-state index is 11.6. The predicted molar refractivity (Wildman–Crippen MR) is 117 cm³/mol. The zero-order chi connectivity index (χ0) is 20.5. The Bertz CT molecular complexity index is 1230. The van der Waals surface area contributed by atoms with Gasteiger partial charge in [0.05, 0.1) is 11.5 Å². The van der Waals surface area contributed by atoms with Crippen LogP contribution in [0.1, 0.15) is 30.0 Å². The van der Waals surface area contributed by atoms with E-state index in [0.717, 1.165) is 35.6 Å². The Kier molecular flexibility index (Phi) is 3.73. The highest BCUT2D eigenvalue weighted by Crippen LogP contribution is 2.50. The smallest absolute Gasteiger partial charge is 0.151 e. The number of aromatic amines is 1. The van der Waals surface area contributed by atoms with Crippen molar-refractivity contribution in [2.24, 2.45) is 5.41 Å². The highest BCUT2D eigenvalue weighted by molar-refractivity contribution is 7.92. The number of benzene rings is 1. The van der Waals surface area contributed by atoms with Gasteiger partial charge in [0, 0.05) is 53.4 Å². The number of pyridine rings is 1. The molecule has 1 N–H and O–H groups in total. The van der Waals surface area contributed by atoms with E-state index in [1.807, 2.05) is 12.1 Å². The molecule has 0 unspecified atom stereocenters. The number of sulfone groups is 1. The summed E-state index contributed by atoms with van der Waals surface area (Å²) in [5.41, 5.74) is 8.06. The summed E-state index contributed by atoms with van der Waals surface area (Å²) in [6.07, 6.45) is 6.04. The molecule has 1 saturated carbocycles. The van der Waals surface area contributed by atoms with E-state index in [4.69, 9.17) is 0 Å². The second-order valence-corrected chi connectivity index (χ2v) is 11.3. The lowest BCUT2D eigenvalue weighted by atomic mass is 9.81. The summed E-state index contributed by atoms with van der Waals surface area (Å²) in [6, 6.07) is 10.7. The lowest BCUT2D eigenvalue weighted by Crippen LogP contribution is -2.68. The highest BCUT2D eigenvalue weighted by atomic mass is 32.2. The zero-order valence-electron chi connectivity index (χ0n) is 16.9. The number of hydrogen-bond acceptors (Lipinski definition) is 5. The van der Waals surface area contributed by atoms with Crippen LogP contribution in [0.25, 0.3) is 22.4 Å². The van der Waals surface area contributed by atoms with E-state index in [1.165, 1.54) is 29.7 Å². The first-order valence-corrected chi connectivity index (χ1v) is 12.3. The fourth-order valence-electron chi connectivity index (χ4n) is 5.23. The molecule has 154 valence electrons. The first kappa shape index (κ1) is 18.1. The second-order valence-electron chi connectivity index (χ2n) is 9.24. The molecular formula is C23H24N4O2S. The van der Waals surface area contributed by atoms with Crippen molar-refractivity contribution in [1.29, 1.82) is 0 Å². The van der Waals surface area contributed by atoms with Crippen molar-refractivity contribution < 1.29 is 8.42 Å². The molecule has 2 aliphatic heterocycles. The van der Waals surface area contributed by atoms with Crippen molar-refractivity contribution in [1.82, 2.24) is 15.2 Å². The van der Waals surface area contributed by atoms with Crippen LogP contribution in [0.4, 0.5) is 5.69 Å². The van der Waals surface area contributed by atoms with Crippen molar-refractivity contribution in [2.75, 3.05) is 29.5 Å². The van der Waals surface area contributed by atoms with Gasteiger partial charge in [-0.25, -0.2) is 8.42 Å². The van der Waals surface area contributed by atoms with Crippen molar-refractivity contribution in [3.8, 4) is 22.4 Å². The number of hydrogen-bond donors (Lipinski definition) is 1. The summed E-state index contributed by atoms with van der Waals surface area (Å²) in [5.74, 6) is 1.33. The minimum Gasteiger partial charge on any atom is -0.370 e. The van der Waals surface area contributed by atoms with Gasteiger partial charge in [-0.05, 0) is 61.1 Å². The Morgan fingerprint density at radius 2 is 1.80 bits per heavy atom. The van der Waals surface area contributed by atoms with Gasteiger partial charge in [0.2, 0.25) is 0 Å². The van der Waals surface area contributed by atoms with Gasteiger partial charge >= 0.3 is 0 Å². The van der Waals surface area contributed by atoms with Crippen LogP contribution >= 0.6 is 0 Å². The van der Waals surface area contributed by atoms with Crippen molar-refractivity contribution >= 4 is 15.5 Å². The SMILES string of the molecule is Cc1[nH]nc(-c2ccncc2)c1-c1ccc(N2CC3(C2)CS(=O)(=O)C3)c(C2CC2)c1. The maximum atomic E-state index is 11.6. The van der Waals surface area contributed by atoms with Gasteiger partial charge in [-0.3, -0.25) is 10.1 Å². The number of anilines is 1. The monoisotopic (exact) mass is 420 g/mol. The molecule has 0 radical (unpaired) electrons. The van der Waals surface area contributed by atoms with E-state index in [9.17, 15) is 8.42 Å². The lowest BCUT2D eigenvalue weighted by Gasteiger charge is -2.56. The largest absolute Gasteiger partial charge is 0.370 e. The molecule has 3 aromatic rings. The van der Waals surface area contributed by atoms with Crippen LogP contribution in [0, 0.1) is 12.3 Å². The summed E-state index contributed by atoms with van der Waals surface area (Å²) in [6.45, 7) is 3.78. The fourth-order valence-corrected chi connectivity index (χ4v) is 7.37. The third-order valence-corrected chi connectivity index (χ3v) is 8.78. The molecule has 2 saturated heterocycles. The molecule has 6 rings (SSSR count). The Balaban J connectivity index is 1.35. The van der Waals surface area contributed by atoms with Gasteiger partial charge in [0.1, 0.15) is 5.69 Å². The molecule has 1 spiro atoms. The summed E-state index contributed by atoms with van der Waals surface area (Å²) >= 11 is 0. The van der Waals surface area contributed by atoms with Gasteiger partial charge in [-0.15, -0.1) is 0 Å². The molecule has 1 aliphatic carbocycles. The Morgan fingerprint density at radius 3 is 2.47 bits per heavy atom. The van der Waals surface area contributed by atoms with Crippen LogP contribution in [0.15, 0.2) is 42.7 Å². The molecule has 0 bridgehead atoms. The number of H-pyrrole nitrogens is 1. The third-order valence-electron chi connectivity index (χ3n) is 6.68. The molecule has 3 fully saturated rings. The maximum Gasteiger partial charge on any atom is 0.151 e. The molecule has 0 atom stereocenters. The molecule has 2 aromatic heterocycles. The van der Waals surface area contributed by atoms with E-state index < -0.39 is 9.84 Å². The van der Waals surface area contributed by atoms with Crippen molar-refractivity contribution in [3.63, 3.8) is 0 Å². The lowest BCUT2D eigenvalue weighted by molar-refractivity contribution is 0.254. The van der Waals surface area contributed by atoms with Crippen molar-refractivity contribution in [3.05, 3.63) is 54.0 Å². The van der Waals surface area contributed by atoms with E-state index in [-0.39, 0.29) is 5.41 Å². The van der Waals surface area contributed by atoms with Gasteiger partial charge in [-0.2, -0.15) is 5.10 Å². The van der Waals surface area contributed by atoms with E-state index >= 15 is 0 Å². The summed E-state index contributed by atoms with van der Waals surface area (Å²) in [7, 11) is -2.78. The average Bonchev–Trinajstić information content (AvgIpc) is 3.46. The molecule has 30 heavy (non-hydrogen) atoms. The van der Waals surface area contributed by atoms with E-state index in [1.54, 1.807) is 12.4 Å². The van der Waals surface area contributed by atoms with Gasteiger partial charge < -0.3 is 4.90 Å². The van der Waals surface area contributed by atoms with E-state index in [2.05, 4.69) is 45.2 Å². The van der Waals surface area contributed by atoms with Crippen LogP contribution in [0.3, 0.4) is 0 Å². The Hall–Kier alpha value is -2.67. The van der Waals surface area contributed by atoms with Crippen LogP contribution in [0.2, 0.25) is 0 Å². The molecule has 3 aliphatic rings. The fraction of sp³-hybridized carbons (Fsp3) is 0.391. The number of nitrogens with one attached hydrogen (secondary N) is 1. The first-order valence-electron chi connectivity index (χ1n) is 10.5. The van der Waals surface area contributed by atoms with Gasteiger partial charge in [0.15, 0.2) is 9.84 Å². The standard InChI is InChI=1S/C23H24N4O2S/c1-15-21(22(26-25-15)17-6-8-24-9-7-17)18-4-5-20(19(10-18)16-2-3-16)27-11-23(12-27)13-30(28,29)14-23/h4-10,16H,2-3,11-14H2,1H3,(H,25,26). The topological polar surface area (TPSA) is 79.0 Å². The summed E-state index contributed by atoms with van der Waals surface area (Å²) in [5, 5.41) is 7.72. The highest BCUT2D eigenvalue weighted by Gasteiger charge is 2.56. The average molecular weight is 421 g/mol. The zero-order valence-corrected chi connectivity index (χ0v) is 17.7. The molecule has 7 heteroatoms. The van der Waals surface area contributed by atoms with Gasteiger partial charge in [-0.1, -0.05) is 6.07 Å². The van der Waals surface area contributed by atoms with E-state index in [0.29, 0.717) is 17.4 Å². The van der Waals surface area contributed by atoms with Crippen LogP contribution < -0.4 is 4.90 Å². The third kappa shape index (κ3) is 2.87. The van der Waals surface area contributed by atoms with Crippen molar-refractivity contribution in [2.45, 2.75) is 25.7 Å². The van der Waals surface area contributed by atoms with Gasteiger partial charge in [0.25, 0.3) is 0 Å². The van der Waals surface area contributed by atoms with Crippen LogP contribution in [-0.2, 0) is 9.84 Å². The molecular weight excluding hydrogens is 396 g/mol. The van der Waals surface area contributed by atoms with Crippen LogP contribution in [0.5, 0.6) is 0 Å². The summed E-state index contributed by atoms with van der Waals surface area (Å²) < 4.78 is 23.3. The molecule has 1 aromatic carbocycles.